The zero-order chi connectivity index (χ0) is 8.91. The molecule has 0 heterocycles. The fraction of sp³-hybridized carbons (Fsp3) is 0.833. The molecule has 0 spiro atoms. The van der Waals surface area contributed by atoms with Crippen LogP contribution in [0.15, 0.2) is 0 Å². The number of esters is 1. The Labute approximate surface area is 75.9 Å². The summed E-state index contributed by atoms with van der Waals surface area (Å²) in [5.41, 5.74) is 0. The minimum Gasteiger partial charge on any atom is -0.462 e. The standard InChI is InChI=1S/C6H11F2NO2.ClH/c1-3-11-5(10)6(7,8)4-9-2;/h9H,3-4H2,1-2H3;1H. The fourth-order valence-electron chi connectivity index (χ4n) is 0.531. The van der Waals surface area contributed by atoms with Gasteiger partial charge in [0.2, 0.25) is 0 Å². The molecule has 0 amide bonds. The molecular formula is C6H12ClF2NO2. The van der Waals surface area contributed by atoms with Crippen LogP contribution in [-0.2, 0) is 9.53 Å². The van der Waals surface area contributed by atoms with Gasteiger partial charge >= 0.3 is 11.9 Å². The van der Waals surface area contributed by atoms with Gasteiger partial charge in [-0.05, 0) is 14.0 Å². The smallest absolute Gasteiger partial charge is 0.378 e. The highest BCUT2D eigenvalue weighted by Gasteiger charge is 2.39. The topological polar surface area (TPSA) is 38.3 Å². The Morgan fingerprint density at radius 1 is 1.58 bits per heavy atom. The fourth-order valence-corrected chi connectivity index (χ4v) is 0.531. The summed E-state index contributed by atoms with van der Waals surface area (Å²) in [6.45, 7) is 0.761. The van der Waals surface area contributed by atoms with Crippen LogP contribution < -0.4 is 5.32 Å². The van der Waals surface area contributed by atoms with Gasteiger partial charge < -0.3 is 10.1 Å². The first-order valence-corrected chi connectivity index (χ1v) is 3.24. The Bertz CT molecular complexity index is 144. The lowest BCUT2D eigenvalue weighted by atomic mass is 10.3. The van der Waals surface area contributed by atoms with Crippen LogP contribution in [0.4, 0.5) is 8.78 Å². The van der Waals surface area contributed by atoms with E-state index < -0.39 is 18.4 Å². The van der Waals surface area contributed by atoms with Gasteiger partial charge in [-0.3, -0.25) is 0 Å². The molecule has 74 valence electrons. The van der Waals surface area contributed by atoms with Crippen molar-refractivity contribution in [3.05, 3.63) is 0 Å². The van der Waals surface area contributed by atoms with Gasteiger partial charge in [0.25, 0.3) is 0 Å². The Morgan fingerprint density at radius 2 is 2.08 bits per heavy atom. The highest BCUT2D eigenvalue weighted by molar-refractivity contribution is 5.85. The second-order valence-electron chi connectivity index (χ2n) is 1.96. The molecule has 0 radical (unpaired) electrons. The lowest BCUT2D eigenvalue weighted by Gasteiger charge is -2.13. The maximum Gasteiger partial charge on any atom is 0.378 e. The van der Waals surface area contributed by atoms with Crippen LogP contribution in [0, 0.1) is 0 Å². The molecule has 0 unspecified atom stereocenters. The third kappa shape index (κ3) is 4.46. The predicted octanol–water partition coefficient (Wildman–Crippen LogP) is 0.826. The van der Waals surface area contributed by atoms with Crippen LogP contribution in [0.25, 0.3) is 0 Å². The summed E-state index contributed by atoms with van der Waals surface area (Å²) in [4.78, 5) is 10.4. The maximum absolute atomic E-state index is 12.5. The Morgan fingerprint density at radius 3 is 2.42 bits per heavy atom. The van der Waals surface area contributed by atoms with Crippen LogP contribution in [0.2, 0.25) is 0 Å². The maximum atomic E-state index is 12.5. The van der Waals surface area contributed by atoms with Crippen molar-refractivity contribution in [3.8, 4) is 0 Å². The average Bonchev–Trinajstić information content (AvgIpc) is 1.88. The van der Waals surface area contributed by atoms with Crippen LogP contribution >= 0.6 is 12.4 Å². The van der Waals surface area contributed by atoms with Gasteiger partial charge in [-0.15, -0.1) is 12.4 Å². The van der Waals surface area contributed by atoms with Crippen LogP contribution in [-0.4, -0.2) is 32.1 Å². The van der Waals surface area contributed by atoms with Gasteiger partial charge in [0, 0.05) is 0 Å². The number of carbonyl (C=O) groups is 1. The predicted molar refractivity (Wildman–Crippen MR) is 42.8 cm³/mol. The molecule has 0 aromatic rings. The van der Waals surface area contributed by atoms with E-state index >= 15 is 0 Å². The van der Waals surface area contributed by atoms with E-state index in [9.17, 15) is 13.6 Å². The molecule has 0 aromatic carbocycles. The lowest BCUT2D eigenvalue weighted by Crippen LogP contribution is -2.39. The van der Waals surface area contributed by atoms with Crippen molar-refractivity contribution in [3.63, 3.8) is 0 Å². The highest BCUT2D eigenvalue weighted by Crippen LogP contribution is 2.13. The van der Waals surface area contributed by atoms with Crippen LogP contribution in [0.1, 0.15) is 6.92 Å². The van der Waals surface area contributed by atoms with Crippen molar-refractivity contribution >= 4 is 18.4 Å². The zero-order valence-corrected chi connectivity index (χ0v) is 7.71. The van der Waals surface area contributed by atoms with Gasteiger partial charge in [0.05, 0.1) is 13.2 Å². The first-order valence-electron chi connectivity index (χ1n) is 3.24. The molecule has 0 rings (SSSR count). The number of alkyl halides is 2. The number of carbonyl (C=O) groups excluding carboxylic acids is 1. The van der Waals surface area contributed by atoms with Crippen LogP contribution in [0.5, 0.6) is 0 Å². The normalized spacial score (nSPS) is 10.3. The minimum atomic E-state index is -3.41. The molecule has 12 heavy (non-hydrogen) atoms. The summed E-state index contributed by atoms with van der Waals surface area (Å²) >= 11 is 0. The highest BCUT2D eigenvalue weighted by atomic mass is 35.5. The Balaban J connectivity index is 0. The SMILES string of the molecule is CCOC(=O)C(F)(F)CNC.Cl. The lowest BCUT2D eigenvalue weighted by molar-refractivity contribution is -0.170. The number of ether oxygens (including phenoxy) is 1. The zero-order valence-electron chi connectivity index (χ0n) is 6.89. The van der Waals surface area contributed by atoms with Gasteiger partial charge in [0.15, 0.2) is 0 Å². The number of hydrogen-bond acceptors (Lipinski definition) is 3. The second kappa shape index (κ2) is 6.14. The number of hydrogen-bond donors (Lipinski definition) is 1. The molecule has 0 bridgehead atoms. The quantitative estimate of drug-likeness (QED) is 0.688. The van der Waals surface area contributed by atoms with E-state index in [1.165, 1.54) is 14.0 Å². The van der Waals surface area contributed by atoms with Crippen molar-refractivity contribution in [1.82, 2.24) is 5.32 Å². The summed E-state index contributed by atoms with van der Waals surface area (Å²) in [6, 6.07) is 0. The van der Waals surface area contributed by atoms with Crippen molar-refractivity contribution in [2.75, 3.05) is 20.2 Å². The van der Waals surface area contributed by atoms with Gasteiger partial charge in [-0.2, -0.15) is 8.78 Å². The number of rotatable bonds is 4. The monoisotopic (exact) mass is 203 g/mol. The van der Waals surface area contributed by atoms with Gasteiger partial charge in [-0.25, -0.2) is 4.79 Å². The average molecular weight is 204 g/mol. The van der Waals surface area contributed by atoms with Crippen LogP contribution in [0.3, 0.4) is 0 Å². The van der Waals surface area contributed by atoms with Gasteiger partial charge in [-0.1, -0.05) is 0 Å². The van der Waals surface area contributed by atoms with E-state index in [1.54, 1.807) is 0 Å². The molecule has 0 aliphatic heterocycles. The molecule has 0 saturated heterocycles. The summed E-state index contributed by atoms with van der Waals surface area (Å²) < 4.78 is 29.1. The molecule has 3 nitrogen and oxygen atoms in total. The molecule has 0 saturated carbocycles. The number of nitrogens with one attached hydrogen (secondary N) is 1. The Hall–Kier alpha value is -0.420. The molecule has 0 aliphatic rings. The summed E-state index contributed by atoms with van der Waals surface area (Å²) in [6.07, 6.45) is 0. The van der Waals surface area contributed by atoms with E-state index in [0.717, 1.165) is 0 Å². The summed E-state index contributed by atoms with van der Waals surface area (Å²) in [7, 11) is 1.34. The molecule has 0 aliphatic carbocycles. The molecule has 0 aromatic heterocycles. The molecule has 1 N–H and O–H groups in total. The van der Waals surface area contributed by atoms with Crippen molar-refractivity contribution < 1.29 is 18.3 Å². The Kier molecular flexibility index (Phi) is 7.22. The van der Waals surface area contributed by atoms with Crippen molar-refractivity contribution in [2.24, 2.45) is 0 Å². The van der Waals surface area contributed by atoms with E-state index in [4.69, 9.17) is 0 Å². The third-order valence-corrected chi connectivity index (χ3v) is 0.973. The van der Waals surface area contributed by atoms with Crippen molar-refractivity contribution in [2.45, 2.75) is 12.8 Å². The summed E-state index contributed by atoms with van der Waals surface area (Å²) in [5.74, 6) is -4.89. The van der Waals surface area contributed by atoms with E-state index in [1.807, 2.05) is 0 Å². The minimum absolute atomic E-state index is 0. The first kappa shape index (κ1) is 14.1. The molecule has 6 heteroatoms. The largest absolute Gasteiger partial charge is 0.462 e. The van der Waals surface area contributed by atoms with Gasteiger partial charge in [0.1, 0.15) is 0 Å². The molecular weight excluding hydrogens is 192 g/mol. The summed E-state index contributed by atoms with van der Waals surface area (Å²) in [5, 5.41) is 2.20. The van der Waals surface area contributed by atoms with Crippen molar-refractivity contribution in [1.29, 1.82) is 0 Å². The number of halogens is 3. The van der Waals surface area contributed by atoms with E-state index in [0.29, 0.717) is 0 Å². The van der Waals surface area contributed by atoms with E-state index in [2.05, 4.69) is 10.1 Å². The first-order chi connectivity index (χ1) is 5.04. The molecule has 0 atom stereocenters. The third-order valence-electron chi connectivity index (χ3n) is 0.973. The molecule has 0 fully saturated rings. The van der Waals surface area contributed by atoms with E-state index in [-0.39, 0.29) is 19.0 Å². The second-order valence-corrected chi connectivity index (χ2v) is 1.96.